The molecule has 2 aromatic carbocycles. The van der Waals surface area contributed by atoms with E-state index in [4.69, 9.17) is 0 Å². The van der Waals surface area contributed by atoms with Gasteiger partial charge in [-0.1, -0.05) is 42.0 Å². The van der Waals surface area contributed by atoms with E-state index in [9.17, 15) is 18.7 Å². The highest BCUT2D eigenvalue weighted by atomic mass is 32.3. The van der Waals surface area contributed by atoms with E-state index in [-0.39, 0.29) is 17.7 Å². The van der Waals surface area contributed by atoms with Gasteiger partial charge < -0.3 is 14.6 Å². The standard InChI is InChI=1S/C23H28N2O4S/c1-16-5-4-6-18(11-16)12-24-14-20-21(15-24)30(28,29)23(2,3)22(27)25(20)13-17-7-9-19(26)10-8-17/h4-11,20-21H,12-15H2,1-3H3,(H-,26,28,29)/t20-,21+/m0/s1. The maximum atomic E-state index is 13.3. The SMILES string of the molecule is Cc1cccc(CN2C[C@@H]3[C@H](C2)N(Cc2ccc(O)cc2)C(=O)C(C)(C)[S+]3(=O)[O-])c1. The van der Waals surface area contributed by atoms with Gasteiger partial charge in [-0.15, -0.1) is 4.21 Å². The minimum Gasteiger partial charge on any atom is -0.614 e. The smallest absolute Gasteiger partial charge is 0.278 e. The van der Waals surface area contributed by atoms with Crippen molar-refractivity contribution in [1.82, 2.24) is 9.80 Å². The maximum absolute atomic E-state index is 13.3. The molecule has 1 amide bonds. The zero-order valence-corrected chi connectivity index (χ0v) is 18.4. The van der Waals surface area contributed by atoms with E-state index in [0.717, 1.165) is 11.1 Å². The van der Waals surface area contributed by atoms with Gasteiger partial charge in [0.2, 0.25) is 4.75 Å². The molecule has 2 saturated heterocycles. The van der Waals surface area contributed by atoms with E-state index in [1.54, 1.807) is 29.2 Å². The number of hydrogen-bond acceptors (Lipinski definition) is 5. The van der Waals surface area contributed by atoms with Gasteiger partial charge in [0.25, 0.3) is 5.91 Å². The molecule has 4 rings (SSSR count). The van der Waals surface area contributed by atoms with Gasteiger partial charge in [-0.05, 0) is 44.0 Å². The van der Waals surface area contributed by atoms with E-state index in [1.165, 1.54) is 19.4 Å². The zero-order valence-electron chi connectivity index (χ0n) is 17.6. The van der Waals surface area contributed by atoms with Gasteiger partial charge in [0, 0.05) is 26.2 Å². The predicted molar refractivity (Wildman–Crippen MR) is 116 cm³/mol. The number of aryl methyl sites for hydroxylation is 1. The number of rotatable bonds is 4. The lowest BCUT2D eigenvalue weighted by Crippen LogP contribution is -2.67. The summed E-state index contributed by atoms with van der Waals surface area (Å²) < 4.78 is 25.2. The number of carbonyl (C=O) groups excluding carboxylic acids is 1. The average molecular weight is 429 g/mol. The van der Waals surface area contributed by atoms with E-state index in [2.05, 4.69) is 11.0 Å². The molecule has 1 unspecified atom stereocenters. The second-order valence-corrected chi connectivity index (χ2v) is 11.7. The Balaban J connectivity index is 1.63. The highest BCUT2D eigenvalue weighted by Crippen LogP contribution is 2.41. The summed E-state index contributed by atoms with van der Waals surface area (Å²) >= 11 is 0. The van der Waals surface area contributed by atoms with Gasteiger partial charge in [-0.2, -0.15) is 0 Å². The summed E-state index contributed by atoms with van der Waals surface area (Å²) in [5.41, 5.74) is 3.18. The number of nitrogens with zero attached hydrogens (tertiary/aromatic N) is 2. The first-order chi connectivity index (χ1) is 14.1. The normalized spacial score (nSPS) is 28.5. The van der Waals surface area contributed by atoms with Gasteiger partial charge in [0.15, 0.2) is 5.25 Å². The third-order valence-corrected chi connectivity index (χ3v) is 9.23. The Hall–Kier alpha value is -2.22. The molecule has 0 aromatic heterocycles. The van der Waals surface area contributed by atoms with E-state index < -0.39 is 20.2 Å². The fourth-order valence-corrected chi connectivity index (χ4v) is 6.79. The molecule has 0 radical (unpaired) electrons. The summed E-state index contributed by atoms with van der Waals surface area (Å²) in [6.07, 6.45) is 0. The Morgan fingerprint density at radius 3 is 2.47 bits per heavy atom. The molecular weight excluding hydrogens is 400 g/mol. The van der Waals surface area contributed by atoms with Crippen LogP contribution in [0.3, 0.4) is 0 Å². The van der Waals surface area contributed by atoms with Crippen LogP contribution in [-0.2, 0) is 32.3 Å². The second-order valence-electron chi connectivity index (χ2n) is 8.94. The molecule has 2 fully saturated rings. The molecule has 160 valence electrons. The molecule has 0 aliphatic carbocycles. The number of fused-ring (bicyclic) bond motifs is 1. The van der Waals surface area contributed by atoms with Crippen molar-refractivity contribution in [1.29, 1.82) is 0 Å². The Morgan fingerprint density at radius 2 is 1.80 bits per heavy atom. The van der Waals surface area contributed by atoms with Crippen LogP contribution in [0.2, 0.25) is 0 Å². The van der Waals surface area contributed by atoms with Crippen LogP contribution in [0, 0.1) is 6.92 Å². The number of amides is 1. The first-order valence-corrected chi connectivity index (χ1v) is 11.7. The van der Waals surface area contributed by atoms with Crippen molar-refractivity contribution in [3.8, 4) is 5.75 Å². The van der Waals surface area contributed by atoms with Gasteiger partial charge in [0.05, 0.1) is 16.3 Å². The van der Waals surface area contributed by atoms with Crippen molar-refractivity contribution in [2.45, 2.75) is 49.9 Å². The molecule has 3 atom stereocenters. The van der Waals surface area contributed by atoms with Crippen molar-refractivity contribution >= 4 is 16.1 Å². The molecule has 2 heterocycles. The van der Waals surface area contributed by atoms with Crippen molar-refractivity contribution < 1.29 is 18.7 Å². The fourth-order valence-electron chi connectivity index (χ4n) is 4.62. The third kappa shape index (κ3) is 3.55. The van der Waals surface area contributed by atoms with Crippen molar-refractivity contribution in [2.75, 3.05) is 13.1 Å². The van der Waals surface area contributed by atoms with E-state index in [1.807, 2.05) is 25.1 Å². The summed E-state index contributed by atoms with van der Waals surface area (Å²) in [6, 6.07) is 14.5. The van der Waals surface area contributed by atoms with Gasteiger partial charge in [-0.3, -0.25) is 9.69 Å². The van der Waals surface area contributed by atoms with Crippen LogP contribution in [0.15, 0.2) is 48.5 Å². The molecule has 0 bridgehead atoms. The lowest BCUT2D eigenvalue weighted by molar-refractivity contribution is -0.137. The summed E-state index contributed by atoms with van der Waals surface area (Å²) in [4.78, 5) is 17.1. The largest absolute Gasteiger partial charge is 0.614 e. The average Bonchev–Trinajstić information content (AvgIpc) is 3.10. The summed E-state index contributed by atoms with van der Waals surface area (Å²) in [6.45, 7) is 7.02. The molecule has 1 N–H and O–H groups in total. The Bertz CT molecular complexity index is 1000. The van der Waals surface area contributed by atoms with Crippen LogP contribution < -0.4 is 0 Å². The topological polar surface area (TPSA) is 83.9 Å². The first-order valence-electron chi connectivity index (χ1n) is 10.2. The Labute approximate surface area is 178 Å². The molecule has 7 heteroatoms. The number of benzene rings is 2. The molecule has 2 aliphatic rings. The number of likely N-dealkylation sites (tertiary alicyclic amines) is 1. The number of phenolic OH excluding ortho intramolecular Hbond substituents is 1. The van der Waals surface area contributed by atoms with Crippen LogP contribution in [0.4, 0.5) is 0 Å². The second kappa shape index (κ2) is 7.48. The first kappa shape index (κ1) is 21.0. The van der Waals surface area contributed by atoms with Gasteiger partial charge in [0.1, 0.15) is 5.75 Å². The highest BCUT2D eigenvalue weighted by molar-refractivity contribution is 8.00. The summed E-state index contributed by atoms with van der Waals surface area (Å²) in [7, 11) is -3.63. The molecular formula is C23H28N2O4S. The molecule has 2 aliphatic heterocycles. The molecule has 2 aromatic rings. The quantitative estimate of drug-likeness (QED) is 0.757. The monoisotopic (exact) mass is 428 g/mol. The summed E-state index contributed by atoms with van der Waals surface area (Å²) in [5, 5.41) is 8.94. The van der Waals surface area contributed by atoms with E-state index in [0.29, 0.717) is 26.2 Å². The molecule has 0 spiro atoms. The van der Waals surface area contributed by atoms with Gasteiger partial charge >= 0.3 is 0 Å². The van der Waals surface area contributed by atoms with Crippen molar-refractivity contribution in [3.05, 3.63) is 65.2 Å². The predicted octanol–water partition coefficient (Wildman–Crippen LogP) is 2.70. The minimum absolute atomic E-state index is 0.162. The number of phenols is 1. The number of aromatic hydroxyl groups is 1. The van der Waals surface area contributed by atoms with Crippen molar-refractivity contribution in [2.24, 2.45) is 0 Å². The third-order valence-electron chi connectivity index (χ3n) is 6.38. The lowest BCUT2D eigenvalue weighted by atomic mass is 10.1. The lowest BCUT2D eigenvalue weighted by Gasteiger charge is -2.47. The number of carbonyl (C=O) groups is 1. The number of sulfone groups is 1. The minimum atomic E-state index is -3.63. The van der Waals surface area contributed by atoms with Gasteiger partial charge in [-0.25, -0.2) is 0 Å². The number of hydrogen-bond donors (Lipinski definition) is 1. The van der Waals surface area contributed by atoms with Crippen LogP contribution in [0.1, 0.15) is 30.5 Å². The maximum Gasteiger partial charge on any atom is 0.278 e. The van der Waals surface area contributed by atoms with Crippen LogP contribution in [0.25, 0.3) is 0 Å². The Morgan fingerprint density at radius 1 is 1.10 bits per heavy atom. The van der Waals surface area contributed by atoms with E-state index >= 15 is 0 Å². The van der Waals surface area contributed by atoms with Crippen LogP contribution in [0.5, 0.6) is 5.75 Å². The molecule has 0 saturated carbocycles. The molecule has 6 nitrogen and oxygen atoms in total. The Kier molecular flexibility index (Phi) is 5.24. The highest BCUT2D eigenvalue weighted by Gasteiger charge is 2.63. The van der Waals surface area contributed by atoms with Crippen LogP contribution >= 0.6 is 0 Å². The van der Waals surface area contributed by atoms with Crippen LogP contribution in [-0.4, -0.2) is 54.5 Å². The zero-order chi connectivity index (χ0) is 21.7. The van der Waals surface area contributed by atoms with Crippen molar-refractivity contribution in [3.63, 3.8) is 0 Å². The fraction of sp³-hybridized carbons (Fsp3) is 0.435. The molecule has 30 heavy (non-hydrogen) atoms. The summed E-state index contributed by atoms with van der Waals surface area (Å²) in [5.74, 6) is -0.191.